The first kappa shape index (κ1) is 11.9. The van der Waals surface area contributed by atoms with E-state index in [0.717, 1.165) is 0 Å². The molecule has 0 aromatic heterocycles. The van der Waals surface area contributed by atoms with Gasteiger partial charge in [-0.3, -0.25) is 10.1 Å². The largest absolute Gasteiger partial charge is 0.398 e. The highest BCUT2D eigenvalue weighted by Gasteiger charge is 2.06. The lowest BCUT2D eigenvalue weighted by atomic mass is 10.3. The Morgan fingerprint density at radius 3 is 2.38 bits per heavy atom. The molecule has 0 amide bonds. The van der Waals surface area contributed by atoms with Crippen molar-refractivity contribution in [3.05, 3.63) is 32.8 Å². The molecule has 0 saturated heterocycles. The quantitative estimate of drug-likeness (QED) is 0.471. The zero-order valence-corrected chi connectivity index (χ0v) is 9.04. The molecule has 0 atom stereocenters. The van der Waals surface area contributed by atoms with Gasteiger partial charge in [0.2, 0.25) is 0 Å². The number of nitro benzene ring substituents is 1. The third-order valence-electron chi connectivity index (χ3n) is 1.19. The van der Waals surface area contributed by atoms with Crippen LogP contribution in [0.3, 0.4) is 0 Å². The maximum absolute atomic E-state index is 10.2. The molecule has 0 aliphatic rings. The summed E-state index contributed by atoms with van der Waals surface area (Å²) in [5.74, 6) is 0. The summed E-state index contributed by atoms with van der Waals surface area (Å²) in [5.41, 5.74) is 5.95. The van der Waals surface area contributed by atoms with E-state index in [2.05, 4.69) is 15.9 Å². The minimum atomic E-state index is -0.468. The van der Waals surface area contributed by atoms with E-state index in [1.165, 1.54) is 18.2 Å². The molecule has 0 fully saturated rings. The minimum Gasteiger partial charge on any atom is -0.398 e. The van der Waals surface area contributed by atoms with Gasteiger partial charge < -0.3 is 5.73 Å². The molecule has 0 bridgehead atoms. The number of halogens is 1. The number of non-ortho nitro benzene ring substituents is 1. The second-order valence-corrected chi connectivity index (χ2v) is 2.82. The fourth-order valence-electron chi connectivity index (χ4n) is 0.630. The third kappa shape index (κ3) is 3.42. The van der Waals surface area contributed by atoms with Crippen LogP contribution in [0.15, 0.2) is 22.7 Å². The maximum Gasteiger partial charge on any atom is 0.270 e. The van der Waals surface area contributed by atoms with Gasteiger partial charge in [0, 0.05) is 22.3 Å². The highest BCUT2D eigenvalue weighted by molar-refractivity contribution is 9.10. The van der Waals surface area contributed by atoms with Crippen LogP contribution in [0.25, 0.3) is 0 Å². The number of anilines is 1. The predicted octanol–water partition coefficient (Wildman–Crippen LogP) is 2.97. The van der Waals surface area contributed by atoms with Gasteiger partial charge in [0.05, 0.1) is 4.92 Å². The van der Waals surface area contributed by atoms with Crippen LogP contribution in [0.1, 0.15) is 13.8 Å². The molecular weight excluding hydrogens is 236 g/mol. The van der Waals surface area contributed by atoms with Crippen LogP contribution in [0.2, 0.25) is 0 Å². The van der Waals surface area contributed by atoms with Crippen molar-refractivity contribution in [2.45, 2.75) is 13.8 Å². The summed E-state index contributed by atoms with van der Waals surface area (Å²) in [5, 5.41) is 10.2. The van der Waals surface area contributed by atoms with Crippen molar-refractivity contribution in [1.29, 1.82) is 0 Å². The molecule has 1 aromatic carbocycles. The van der Waals surface area contributed by atoms with E-state index in [1.807, 2.05) is 13.8 Å². The van der Waals surface area contributed by atoms with Crippen LogP contribution in [-0.2, 0) is 0 Å². The van der Waals surface area contributed by atoms with Crippen molar-refractivity contribution in [3.63, 3.8) is 0 Å². The van der Waals surface area contributed by atoms with E-state index in [1.54, 1.807) is 0 Å². The Hall–Kier alpha value is -1.10. The van der Waals surface area contributed by atoms with Crippen molar-refractivity contribution < 1.29 is 4.92 Å². The molecule has 13 heavy (non-hydrogen) atoms. The normalized spacial score (nSPS) is 8.54. The number of rotatable bonds is 1. The lowest BCUT2D eigenvalue weighted by molar-refractivity contribution is -0.384. The average Bonchev–Trinajstić information content (AvgIpc) is 2.13. The van der Waals surface area contributed by atoms with Crippen molar-refractivity contribution in [1.82, 2.24) is 0 Å². The molecule has 5 heteroatoms. The summed E-state index contributed by atoms with van der Waals surface area (Å²) >= 11 is 3.08. The maximum atomic E-state index is 10.2. The number of hydrogen-bond acceptors (Lipinski definition) is 3. The lowest BCUT2D eigenvalue weighted by Gasteiger charge is -1.95. The van der Waals surface area contributed by atoms with Crippen molar-refractivity contribution in [2.75, 3.05) is 5.73 Å². The third-order valence-corrected chi connectivity index (χ3v) is 1.88. The van der Waals surface area contributed by atoms with Crippen LogP contribution in [0, 0.1) is 10.1 Å². The summed E-state index contributed by atoms with van der Waals surface area (Å²) in [4.78, 5) is 9.74. The Kier molecular flexibility index (Phi) is 5.06. The lowest BCUT2D eigenvalue weighted by Crippen LogP contribution is -1.90. The van der Waals surface area contributed by atoms with E-state index >= 15 is 0 Å². The minimum absolute atomic E-state index is 0.0334. The van der Waals surface area contributed by atoms with Gasteiger partial charge in [-0.2, -0.15) is 0 Å². The summed E-state index contributed by atoms with van der Waals surface area (Å²) in [7, 11) is 0. The summed E-state index contributed by atoms with van der Waals surface area (Å²) in [6.07, 6.45) is 0. The van der Waals surface area contributed by atoms with Gasteiger partial charge in [-0.15, -0.1) is 0 Å². The Balaban J connectivity index is 0.000000671. The second-order valence-electron chi connectivity index (χ2n) is 1.96. The molecule has 0 aliphatic carbocycles. The van der Waals surface area contributed by atoms with Gasteiger partial charge in [-0.1, -0.05) is 13.8 Å². The first-order valence-corrected chi connectivity index (χ1v) is 4.60. The van der Waals surface area contributed by atoms with Gasteiger partial charge in [0.15, 0.2) is 0 Å². The topological polar surface area (TPSA) is 69.2 Å². The van der Waals surface area contributed by atoms with E-state index in [4.69, 9.17) is 5.73 Å². The Bertz CT molecular complexity index is 302. The first-order valence-electron chi connectivity index (χ1n) is 3.80. The fraction of sp³-hybridized carbons (Fsp3) is 0.250. The first-order chi connectivity index (χ1) is 6.11. The molecule has 0 heterocycles. The number of hydrogen-bond donors (Lipinski definition) is 1. The zero-order valence-electron chi connectivity index (χ0n) is 7.45. The number of nitrogens with zero attached hydrogens (tertiary/aromatic N) is 1. The zero-order chi connectivity index (χ0) is 10.4. The van der Waals surface area contributed by atoms with E-state index in [9.17, 15) is 10.1 Å². The molecule has 1 rings (SSSR count). The number of nitrogen functional groups attached to an aromatic ring is 1. The van der Waals surface area contributed by atoms with Crippen molar-refractivity contribution >= 4 is 27.3 Å². The average molecular weight is 247 g/mol. The number of nitrogens with two attached hydrogens (primary N) is 1. The molecule has 4 nitrogen and oxygen atoms in total. The summed E-state index contributed by atoms with van der Waals surface area (Å²) < 4.78 is 0.548. The van der Waals surface area contributed by atoms with Gasteiger partial charge in [0.25, 0.3) is 5.69 Å². The van der Waals surface area contributed by atoms with E-state index in [0.29, 0.717) is 10.2 Å². The van der Waals surface area contributed by atoms with Crippen LogP contribution in [-0.4, -0.2) is 4.92 Å². The second kappa shape index (κ2) is 5.53. The molecule has 0 radical (unpaired) electrons. The Labute approximate surface area is 85.0 Å². The van der Waals surface area contributed by atoms with E-state index < -0.39 is 4.92 Å². The van der Waals surface area contributed by atoms with Crippen LogP contribution < -0.4 is 5.73 Å². The molecule has 2 N–H and O–H groups in total. The molecule has 1 aromatic rings. The monoisotopic (exact) mass is 246 g/mol. The smallest absolute Gasteiger partial charge is 0.270 e. The molecule has 0 saturated carbocycles. The highest BCUT2D eigenvalue weighted by Crippen LogP contribution is 2.24. The fourth-order valence-corrected chi connectivity index (χ4v) is 0.996. The summed E-state index contributed by atoms with van der Waals surface area (Å²) in [6.45, 7) is 4.00. The predicted molar refractivity (Wildman–Crippen MR) is 56.6 cm³/mol. The standard InChI is InChI=1S/C6H5BrN2O2.C2H6/c7-5-3-4(9(10)11)1-2-6(5)8;1-2/h1-3H,8H2;1-2H3. The SMILES string of the molecule is CC.Nc1ccc([N+](=O)[O-])cc1Br. The molecule has 0 unspecified atom stereocenters. The highest BCUT2D eigenvalue weighted by atomic mass is 79.9. The molecule has 0 spiro atoms. The van der Waals surface area contributed by atoms with Crippen molar-refractivity contribution in [3.8, 4) is 0 Å². The number of nitro groups is 1. The van der Waals surface area contributed by atoms with Crippen LogP contribution >= 0.6 is 15.9 Å². The molecular formula is C8H11BrN2O2. The van der Waals surface area contributed by atoms with Gasteiger partial charge >= 0.3 is 0 Å². The van der Waals surface area contributed by atoms with Crippen molar-refractivity contribution in [2.24, 2.45) is 0 Å². The summed E-state index contributed by atoms with van der Waals surface area (Å²) in [6, 6.07) is 4.22. The van der Waals surface area contributed by atoms with Crippen LogP contribution in [0.4, 0.5) is 11.4 Å². The number of benzene rings is 1. The van der Waals surface area contributed by atoms with Gasteiger partial charge in [0.1, 0.15) is 0 Å². The van der Waals surface area contributed by atoms with Gasteiger partial charge in [-0.05, 0) is 22.0 Å². The molecule has 0 aliphatic heterocycles. The van der Waals surface area contributed by atoms with Gasteiger partial charge in [-0.25, -0.2) is 0 Å². The Morgan fingerprint density at radius 1 is 1.46 bits per heavy atom. The molecule has 72 valence electrons. The van der Waals surface area contributed by atoms with E-state index in [-0.39, 0.29) is 5.69 Å². The van der Waals surface area contributed by atoms with Crippen LogP contribution in [0.5, 0.6) is 0 Å². The Morgan fingerprint density at radius 2 is 2.00 bits per heavy atom.